The second kappa shape index (κ2) is 4.94. The van der Waals surface area contributed by atoms with Crippen molar-refractivity contribution in [1.29, 1.82) is 0 Å². The zero-order valence-corrected chi connectivity index (χ0v) is 7.42. The summed E-state index contributed by atoms with van der Waals surface area (Å²) >= 11 is 0. The van der Waals surface area contributed by atoms with Crippen LogP contribution in [0.3, 0.4) is 0 Å². The van der Waals surface area contributed by atoms with E-state index in [1.54, 1.807) is 0 Å². The quantitative estimate of drug-likeness (QED) is 0.635. The fourth-order valence-corrected chi connectivity index (χ4v) is 0.761. The Hall–Kier alpha value is -0.790. The summed E-state index contributed by atoms with van der Waals surface area (Å²) in [7, 11) is 0. The molecule has 0 atom stereocenters. The third kappa shape index (κ3) is 4.59. The van der Waals surface area contributed by atoms with E-state index in [-0.39, 0.29) is 0 Å². The van der Waals surface area contributed by atoms with Gasteiger partial charge in [0.2, 0.25) is 0 Å². The van der Waals surface area contributed by atoms with Gasteiger partial charge in [0.05, 0.1) is 0 Å². The van der Waals surface area contributed by atoms with E-state index in [4.69, 9.17) is 5.11 Å². The molecule has 2 nitrogen and oxygen atoms in total. The summed E-state index contributed by atoms with van der Waals surface area (Å²) < 4.78 is 0. The number of carboxylic acid groups (broad SMARTS) is 1. The summed E-state index contributed by atoms with van der Waals surface area (Å²) in [5.41, 5.74) is 0.527. The number of carboxylic acids is 1. The first-order valence-electron chi connectivity index (χ1n) is 4.00. The molecular formula is C9H16O2. The van der Waals surface area contributed by atoms with Crippen molar-refractivity contribution in [1.82, 2.24) is 0 Å². The van der Waals surface area contributed by atoms with E-state index in [2.05, 4.69) is 13.8 Å². The lowest BCUT2D eigenvalue weighted by Crippen LogP contribution is -1.99. The summed E-state index contributed by atoms with van der Waals surface area (Å²) in [5, 5.41) is 8.62. The minimum atomic E-state index is -0.784. The zero-order chi connectivity index (χ0) is 8.85. The van der Waals surface area contributed by atoms with Crippen LogP contribution in [0, 0.1) is 5.92 Å². The van der Waals surface area contributed by atoms with Gasteiger partial charge in [-0.25, -0.2) is 4.79 Å². The minimum absolute atomic E-state index is 0.527. The van der Waals surface area contributed by atoms with E-state index < -0.39 is 5.97 Å². The Labute approximate surface area is 67.9 Å². The summed E-state index contributed by atoms with van der Waals surface area (Å²) in [5.74, 6) is -0.246. The molecule has 2 heteroatoms. The molecular weight excluding hydrogens is 140 g/mol. The minimum Gasteiger partial charge on any atom is -0.478 e. The van der Waals surface area contributed by atoms with Gasteiger partial charge in [0, 0.05) is 5.57 Å². The van der Waals surface area contributed by atoms with Gasteiger partial charge in [-0.1, -0.05) is 26.8 Å². The van der Waals surface area contributed by atoms with Gasteiger partial charge in [0.1, 0.15) is 0 Å². The van der Waals surface area contributed by atoms with Crippen LogP contribution < -0.4 is 0 Å². The van der Waals surface area contributed by atoms with Crippen molar-refractivity contribution < 1.29 is 9.90 Å². The van der Waals surface area contributed by atoms with Gasteiger partial charge < -0.3 is 5.11 Å². The Kier molecular flexibility index (Phi) is 4.59. The van der Waals surface area contributed by atoms with Crippen LogP contribution >= 0.6 is 0 Å². The Morgan fingerprint density at radius 3 is 2.36 bits per heavy atom. The Morgan fingerprint density at radius 2 is 2.09 bits per heavy atom. The van der Waals surface area contributed by atoms with Crippen LogP contribution in [0.15, 0.2) is 11.6 Å². The van der Waals surface area contributed by atoms with Gasteiger partial charge in [0.25, 0.3) is 0 Å². The average Bonchev–Trinajstić information content (AvgIpc) is 1.87. The fourth-order valence-electron chi connectivity index (χ4n) is 0.761. The predicted molar refractivity (Wildman–Crippen MR) is 45.5 cm³/mol. The first-order valence-corrected chi connectivity index (χ1v) is 4.00. The standard InChI is InChI=1S/C9H16O2/c1-4-8(9(10)11)6-5-7(2)3/h6-7H,4-5H2,1-3H3,(H,10,11)/b8-6-. The molecule has 0 radical (unpaired) electrons. The Bertz CT molecular complexity index is 157. The molecule has 0 unspecified atom stereocenters. The highest BCUT2D eigenvalue weighted by molar-refractivity contribution is 5.86. The smallest absolute Gasteiger partial charge is 0.331 e. The zero-order valence-electron chi connectivity index (χ0n) is 7.42. The van der Waals surface area contributed by atoms with Crippen LogP contribution in [0.5, 0.6) is 0 Å². The van der Waals surface area contributed by atoms with Crippen molar-refractivity contribution >= 4 is 5.97 Å². The number of aliphatic carboxylic acids is 1. The summed E-state index contributed by atoms with van der Waals surface area (Å²) in [6, 6.07) is 0. The highest BCUT2D eigenvalue weighted by atomic mass is 16.4. The molecule has 0 saturated carbocycles. The van der Waals surface area contributed by atoms with Crippen molar-refractivity contribution in [2.24, 2.45) is 5.92 Å². The molecule has 0 aromatic carbocycles. The first-order chi connectivity index (χ1) is 5.07. The topological polar surface area (TPSA) is 37.3 Å². The normalized spacial score (nSPS) is 12.2. The van der Waals surface area contributed by atoms with Crippen molar-refractivity contribution in [3.8, 4) is 0 Å². The van der Waals surface area contributed by atoms with E-state index in [1.807, 2.05) is 13.0 Å². The van der Waals surface area contributed by atoms with Gasteiger partial charge in [-0.05, 0) is 18.8 Å². The monoisotopic (exact) mass is 156 g/mol. The maximum atomic E-state index is 10.5. The molecule has 0 rings (SSSR count). The maximum Gasteiger partial charge on any atom is 0.331 e. The summed E-state index contributed by atoms with van der Waals surface area (Å²) in [6.45, 7) is 6.01. The van der Waals surface area contributed by atoms with Gasteiger partial charge >= 0.3 is 5.97 Å². The van der Waals surface area contributed by atoms with E-state index >= 15 is 0 Å². The van der Waals surface area contributed by atoms with Gasteiger partial charge in [0.15, 0.2) is 0 Å². The molecule has 0 aromatic heterocycles. The third-order valence-corrected chi connectivity index (χ3v) is 1.49. The van der Waals surface area contributed by atoms with Crippen LogP contribution in [0.1, 0.15) is 33.6 Å². The number of hydrogen-bond acceptors (Lipinski definition) is 1. The molecule has 0 aliphatic rings. The second-order valence-corrected chi connectivity index (χ2v) is 3.02. The lowest BCUT2D eigenvalue weighted by atomic mass is 10.1. The molecule has 0 amide bonds. The number of hydrogen-bond donors (Lipinski definition) is 1. The highest BCUT2D eigenvalue weighted by Crippen LogP contribution is 2.07. The van der Waals surface area contributed by atoms with Crippen molar-refractivity contribution in [2.75, 3.05) is 0 Å². The van der Waals surface area contributed by atoms with Crippen molar-refractivity contribution in [2.45, 2.75) is 33.6 Å². The number of carbonyl (C=O) groups is 1. The SMILES string of the molecule is CC/C(=C/CC(C)C)C(=O)O. The second-order valence-electron chi connectivity index (χ2n) is 3.02. The molecule has 1 N–H and O–H groups in total. The molecule has 0 aromatic rings. The van der Waals surface area contributed by atoms with Crippen LogP contribution in [0.2, 0.25) is 0 Å². The molecule has 0 fully saturated rings. The molecule has 0 spiro atoms. The van der Waals surface area contributed by atoms with Crippen LogP contribution in [0.25, 0.3) is 0 Å². The van der Waals surface area contributed by atoms with Crippen molar-refractivity contribution in [3.05, 3.63) is 11.6 Å². The van der Waals surface area contributed by atoms with E-state index in [9.17, 15) is 4.79 Å². The first kappa shape index (κ1) is 10.2. The van der Waals surface area contributed by atoms with Crippen LogP contribution in [-0.2, 0) is 4.79 Å². The molecule has 0 bridgehead atoms. The molecule has 0 saturated heterocycles. The van der Waals surface area contributed by atoms with E-state index in [1.165, 1.54) is 0 Å². The molecule has 0 aliphatic carbocycles. The lowest BCUT2D eigenvalue weighted by molar-refractivity contribution is -0.132. The largest absolute Gasteiger partial charge is 0.478 e. The fraction of sp³-hybridized carbons (Fsp3) is 0.667. The molecule has 0 aliphatic heterocycles. The molecule has 64 valence electrons. The maximum absolute atomic E-state index is 10.5. The van der Waals surface area contributed by atoms with Crippen molar-refractivity contribution in [3.63, 3.8) is 0 Å². The summed E-state index contributed by atoms with van der Waals surface area (Å²) in [6.07, 6.45) is 3.28. The number of rotatable bonds is 4. The van der Waals surface area contributed by atoms with E-state index in [0.717, 1.165) is 6.42 Å². The average molecular weight is 156 g/mol. The third-order valence-electron chi connectivity index (χ3n) is 1.49. The molecule has 0 heterocycles. The Morgan fingerprint density at radius 1 is 1.55 bits per heavy atom. The predicted octanol–water partition coefficient (Wildman–Crippen LogP) is 2.45. The highest BCUT2D eigenvalue weighted by Gasteiger charge is 2.03. The van der Waals surface area contributed by atoms with Crippen LogP contribution in [0.4, 0.5) is 0 Å². The Balaban J connectivity index is 4.02. The lowest BCUT2D eigenvalue weighted by Gasteiger charge is -2.00. The number of allylic oxidation sites excluding steroid dienone is 1. The molecule has 11 heavy (non-hydrogen) atoms. The summed E-state index contributed by atoms with van der Waals surface area (Å²) in [4.78, 5) is 10.5. The van der Waals surface area contributed by atoms with Gasteiger partial charge in [-0.2, -0.15) is 0 Å². The van der Waals surface area contributed by atoms with Crippen LogP contribution in [-0.4, -0.2) is 11.1 Å². The van der Waals surface area contributed by atoms with Gasteiger partial charge in [-0.15, -0.1) is 0 Å². The van der Waals surface area contributed by atoms with E-state index in [0.29, 0.717) is 17.9 Å². The van der Waals surface area contributed by atoms with Gasteiger partial charge in [-0.3, -0.25) is 0 Å².